The number of benzene rings is 1. The Hall–Kier alpha value is -1.26. The summed E-state index contributed by atoms with van der Waals surface area (Å²) >= 11 is 12.3. The van der Waals surface area contributed by atoms with E-state index in [1.165, 1.54) is 0 Å². The molecule has 0 aromatic heterocycles. The van der Waals surface area contributed by atoms with Crippen molar-refractivity contribution >= 4 is 35.1 Å². The first-order valence-electron chi connectivity index (χ1n) is 7.86. The second kappa shape index (κ2) is 8.02. The van der Waals surface area contributed by atoms with Crippen molar-refractivity contribution in [3.05, 3.63) is 33.8 Å². The Morgan fingerprint density at radius 1 is 1.26 bits per heavy atom. The van der Waals surface area contributed by atoms with E-state index in [-0.39, 0.29) is 24.3 Å². The van der Waals surface area contributed by atoms with Crippen molar-refractivity contribution < 1.29 is 14.3 Å². The van der Waals surface area contributed by atoms with E-state index in [1.54, 1.807) is 30.0 Å². The number of hydrogen-bond acceptors (Lipinski definition) is 3. The molecule has 0 saturated carbocycles. The Kier molecular flexibility index (Phi) is 6.31. The number of rotatable bonds is 4. The highest BCUT2D eigenvalue weighted by Crippen LogP contribution is 2.28. The van der Waals surface area contributed by atoms with Gasteiger partial charge in [0.15, 0.2) is 0 Å². The lowest BCUT2D eigenvalue weighted by Crippen LogP contribution is -2.53. The van der Waals surface area contributed by atoms with Gasteiger partial charge in [0.05, 0.1) is 13.0 Å². The van der Waals surface area contributed by atoms with Crippen LogP contribution in [-0.2, 0) is 20.7 Å². The second-order valence-corrected chi connectivity index (χ2v) is 6.54. The van der Waals surface area contributed by atoms with E-state index in [9.17, 15) is 9.59 Å². The third-order valence-electron chi connectivity index (χ3n) is 4.15. The molecule has 2 rings (SSSR count). The van der Waals surface area contributed by atoms with Crippen LogP contribution in [0, 0.1) is 0 Å². The third kappa shape index (κ3) is 4.18. The number of carbonyl (C=O) groups is 2. The monoisotopic (exact) mass is 357 g/mol. The van der Waals surface area contributed by atoms with Gasteiger partial charge in [-0.1, -0.05) is 29.3 Å². The molecule has 126 valence electrons. The van der Waals surface area contributed by atoms with Gasteiger partial charge < -0.3 is 9.64 Å². The van der Waals surface area contributed by atoms with Crippen molar-refractivity contribution in [3.8, 4) is 0 Å². The molecular weight excluding hydrogens is 337 g/mol. The summed E-state index contributed by atoms with van der Waals surface area (Å²) in [5, 5.41) is 0.923. The van der Waals surface area contributed by atoms with Crippen molar-refractivity contribution in [1.29, 1.82) is 0 Å². The molecule has 1 amide bonds. The molecule has 6 heteroatoms. The van der Waals surface area contributed by atoms with Crippen LogP contribution >= 0.6 is 23.2 Å². The molecule has 0 spiro atoms. The zero-order valence-electron chi connectivity index (χ0n) is 13.4. The minimum atomic E-state index is -0.521. The summed E-state index contributed by atoms with van der Waals surface area (Å²) in [6.45, 7) is 4.03. The molecule has 0 radical (unpaired) electrons. The highest BCUT2D eigenvalue weighted by Gasteiger charge is 2.37. The van der Waals surface area contributed by atoms with Crippen LogP contribution in [0.4, 0.5) is 0 Å². The second-order valence-electron chi connectivity index (χ2n) is 5.73. The zero-order chi connectivity index (χ0) is 17.0. The highest BCUT2D eigenvalue weighted by molar-refractivity contribution is 6.36. The van der Waals surface area contributed by atoms with Gasteiger partial charge in [0, 0.05) is 16.1 Å². The lowest BCUT2D eigenvalue weighted by atomic mass is 9.95. The average Bonchev–Trinajstić information content (AvgIpc) is 2.51. The first kappa shape index (κ1) is 18.1. The number of piperidine rings is 1. The van der Waals surface area contributed by atoms with Gasteiger partial charge >= 0.3 is 5.97 Å². The van der Waals surface area contributed by atoms with Gasteiger partial charge in [0.2, 0.25) is 5.91 Å². The number of nitrogens with zero attached hydrogens (tertiary/aromatic N) is 1. The van der Waals surface area contributed by atoms with Crippen LogP contribution < -0.4 is 0 Å². The number of halogens is 2. The lowest BCUT2D eigenvalue weighted by Gasteiger charge is -2.39. The van der Waals surface area contributed by atoms with Crippen molar-refractivity contribution in [2.75, 3.05) is 6.61 Å². The lowest BCUT2D eigenvalue weighted by molar-refractivity contribution is -0.158. The van der Waals surface area contributed by atoms with Crippen molar-refractivity contribution in [1.82, 2.24) is 4.90 Å². The van der Waals surface area contributed by atoms with Crippen molar-refractivity contribution in [2.24, 2.45) is 0 Å². The predicted molar refractivity (Wildman–Crippen MR) is 90.7 cm³/mol. The summed E-state index contributed by atoms with van der Waals surface area (Å²) in [6, 6.07) is 4.63. The Labute approximate surface area is 146 Å². The van der Waals surface area contributed by atoms with E-state index in [4.69, 9.17) is 27.9 Å². The standard InChI is InChI=1S/C17H21Cl2NO3/c1-3-23-17(22)15-9-4-6-11(2)20(15)16(21)10-12-13(18)7-5-8-14(12)19/h5,7-8,11,15H,3-4,6,9-10H2,1-2H3. The molecule has 1 aromatic carbocycles. The van der Waals surface area contributed by atoms with Gasteiger partial charge in [-0.15, -0.1) is 0 Å². The summed E-state index contributed by atoms with van der Waals surface area (Å²) in [7, 11) is 0. The van der Waals surface area contributed by atoms with Crippen LogP contribution in [0.2, 0.25) is 10.0 Å². The summed E-state index contributed by atoms with van der Waals surface area (Å²) in [5.41, 5.74) is 0.598. The molecule has 0 aliphatic carbocycles. The fraction of sp³-hybridized carbons (Fsp3) is 0.529. The maximum absolute atomic E-state index is 12.8. The molecule has 1 aliphatic rings. The Bertz CT molecular complexity index is 571. The molecule has 0 bridgehead atoms. The number of ether oxygens (including phenoxy) is 1. The van der Waals surface area contributed by atoms with E-state index in [1.807, 2.05) is 6.92 Å². The van der Waals surface area contributed by atoms with Crippen LogP contribution in [0.3, 0.4) is 0 Å². The molecule has 2 atom stereocenters. The van der Waals surface area contributed by atoms with E-state index >= 15 is 0 Å². The highest BCUT2D eigenvalue weighted by atomic mass is 35.5. The first-order chi connectivity index (χ1) is 11.0. The molecule has 0 N–H and O–H groups in total. The predicted octanol–water partition coefficient (Wildman–Crippen LogP) is 3.87. The maximum atomic E-state index is 12.8. The number of amides is 1. The molecule has 1 heterocycles. The molecule has 1 aromatic rings. The summed E-state index contributed by atoms with van der Waals surface area (Å²) in [5.74, 6) is -0.483. The topological polar surface area (TPSA) is 46.6 Å². The van der Waals surface area contributed by atoms with E-state index in [2.05, 4.69) is 0 Å². The summed E-state index contributed by atoms with van der Waals surface area (Å²) in [4.78, 5) is 26.6. The SMILES string of the molecule is CCOC(=O)C1CCCC(C)N1C(=O)Cc1c(Cl)cccc1Cl. The molecule has 1 aliphatic heterocycles. The quantitative estimate of drug-likeness (QED) is 0.768. The van der Waals surface area contributed by atoms with Gasteiger partial charge in [-0.3, -0.25) is 4.79 Å². The van der Waals surface area contributed by atoms with Crippen molar-refractivity contribution in [2.45, 2.75) is 51.6 Å². The summed E-state index contributed by atoms with van der Waals surface area (Å²) < 4.78 is 5.12. The van der Waals surface area contributed by atoms with E-state index in [0.29, 0.717) is 28.6 Å². The molecule has 2 unspecified atom stereocenters. The third-order valence-corrected chi connectivity index (χ3v) is 4.85. The molecule has 1 fully saturated rings. The number of carbonyl (C=O) groups excluding carboxylic acids is 2. The first-order valence-corrected chi connectivity index (χ1v) is 8.62. The molecule has 1 saturated heterocycles. The Morgan fingerprint density at radius 2 is 1.91 bits per heavy atom. The largest absolute Gasteiger partial charge is 0.464 e. The average molecular weight is 358 g/mol. The van der Waals surface area contributed by atoms with Gasteiger partial charge in [-0.2, -0.15) is 0 Å². The zero-order valence-corrected chi connectivity index (χ0v) is 14.9. The fourth-order valence-electron chi connectivity index (χ4n) is 3.03. The minimum absolute atomic E-state index is 0.00748. The van der Waals surface area contributed by atoms with Gasteiger partial charge in [-0.25, -0.2) is 4.79 Å². The van der Waals surface area contributed by atoms with Gasteiger partial charge in [0.1, 0.15) is 6.04 Å². The smallest absolute Gasteiger partial charge is 0.328 e. The van der Waals surface area contributed by atoms with E-state index in [0.717, 1.165) is 12.8 Å². The number of hydrogen-bond donors (Lipinski definition) is 0. The fourth-order valence-corrected chi connectivity index (χ4v) is 3.56. The molecule has 4 nitrogen and oxygen atoms in total. The number of esters is 1. The van der Waals surface area contributed by atoms with Crippen LogP contribution in [0.5, 0.6) is 0 Å². The van der Waals surface area contributed by atoms with Crippen LogP contribution in [-0.4, -0.2) is 35.5 Å². The van der Waals surface area contributed by atoms with Crippen molar-refractivity contribution in [3.63, 3.8) is 0 Å². The Balaban J connectivity index is 2.21. The number of likely N-dealkylation sites (tertiary alicyclic amines) is 1. The van der Waals surface area contributed by atoms with Gasteiger partial charge in [0.25, 0.3) is 0 Å². The maximum Gasteiger partial charge on any atom is 0.328 e. The molecular formula is C17H21Cl2NO3. The van der Waals surface area contributed by atoms with Gasteiger partial charge in [-0.05, 0) is 50.8 Å². The van der Waals surface area contributed by atoms with E-state index < -0.39 is 6.04 Å². The van der Waals surface area contributed by atoms with Crippen LogP contribution in [0.25, 0.3) is 0 Å². The summed E-state index contributed by atoms with van der Waals surface area (Å²) in [6.07, 6.45) is 2.49. The van der Waals surface area contributed by atoms with Crippen LogP contribution in [0.1, 0.15) is 38.7 Å². The van der Waals surface area contributed by atoms with Crippen LogP contribution in [0.15, 0.2) is 18.2 Å². The normalized spacial score (nSPS) is 21.1. The minimum Gasteiger partial charge on any atom is -0.464 e. The Morgan fingerprint density at radius 3 is 2.52 bits per heavy atom. The molecule has 23 heavy (non-hydrogen) atoms.